The summed E-state index contributed by atoms with van der Waals surface area (Å²) in [6.45, 7) is 0.707. The van der Waals surface area contributed by atoms with Gasteiger partial charge < -0.3 is 5.32 Å². The number of carbonyl (C=O) groups is 1. The Morgan fingerprint density at radius 1 is 1.07 bits per heavy atom. The van der Waals surface area contributed by atoms with Crippen molar-refractivity contribution in [1.82, 2.24) is 10.0 Å². The number of halogens is 5. The van der Waals surface area contributed by atoms with Gasteiger partial charge in [0, 0.05) is 0 Å². The Labute approximate surface area is 157 Å². The molecule has 2 N–H and O–H groups in total. The molecule has 0 bridgehead atoms. The zero-order chi connectivity index (χ0) is 21.1. The summed E-state index contributed by atoms with van der Waals surface area (Å²) in [5.74, 6) is -2.98. The molecule has 0 heterocycles. The number of rotatable bonds is 6. The highest BCUT2D eigenvalue weighted by Gasteiger charge is 2.31. The number of nitrogens with one attached hydrogen (secondary N) is 2. The Morgan fingerprint density at radius 3 is 2.36 bits per heavy atom. The molecule has 0 fully saturated rings. The van der Waals surface area contributed by atoms with Crippen molar-refractivity contribution in [2.24, 2.45) is 0 Å². The van der Waals surface area contributed by atoms with Crippen molar-refractivity contribution in [3.05, 3.63) is 65.2 Å². The topological polar surface area (TPSA) is 75.3 Å². The van der Waals surface area contributed by atoms with Gasteiger partial charge in [-0.05, 0) is 42.8 Å². The lowest BCUT2D eigenvalue weighted by molar-refractivity contribution is -0.137. The predicted molar refractivity (Wildman–Crippen MR) is 89.5 cm³/mol. The van der Waals surface area contributed by atoms with Gasteiger partial charge in [-0.15, -0.1) is 0 Å². The van der Waals surface area contributed by atoms with Gasteiger partial charge in [-0.25, -0.2) is 21.9 Å². The lowest BCUT2D eigenvalue weighted by atomic mass is 10.1. The van der Waals surface area contributed by atoms with Gasteiger partial charge in [0.2, 0.25) is 15.9 Å². The molecule has 1 unspecified atom stereocenters. The lowest BCUT2D eigenvalue weighted by Crippen LogP contribution is -2.38. The molecular formula is C17H15F5N2O3S. The first-order valence-electron chi connectivity index (χ1n) is 7.81. The minimum absolute atomic E-state index is 0.244. The summed E-state index contributed by atoms with van der Waals surface area (Å²) in [7, 11) is -4.37. The maximum absolute atomic E-state index is 13.2. The van der Waals surface area contributed by atoms with Crippen LogP contribution in [0.15, 0.2) is 47.4 Å². The van der Waals surface area contributed by atoms with Crippen LogP contribution >= 0.6 is 0 Å². The van der Waals surface area contributed by atoms with Crippen LogP contribution in [0.1, 0.15) is 24.1 Å². The monoisotopic (exact) mass is 422 g/mol. The average Bonchev–Trinajstić information content (AvgIpc) is 2.61. The summed E-state index contributed by atoms with van der Waals surface area (Å²) in [6.07, 6.45) is -4.72. The van der Waals surface area contributed by atoms with E-state index in [-0.39, 0.29) is 5.56 Å². The number of alkyl halides is 3. The molecule has 5 nitrogen and oxygen atoms in total. The van der Waals surface area contributed by atoms with Crippen LogP contribution in [0.5, 0.6) is 0 Å². The third-order valence-electron chi connectivity index (χ3n) is 3.72. The number of hydrogen-bond acceptors (Lipinski definition) is 3. The van der Waals surface area contributed by atoms with Gasteiger partial charge in [-0.1, -0.05) is 12.1 Å². The molecule has 2 aromatic rings. The largest absolute Gasteiger partial charge is 0.416 e. The predicted octanol–water partition coefficient (Wildman–Crippen LogP) is 3.14. The molecule has 0 spiro atoms. The maximum Gasteiger partial charge on any atom is 0.416 e. The normalized spacial score (nSPS) is 13.2. The molecule has 152 valence electrons. The number of sulfonamides is 1. The molecule has 0 aliphatic carbocycles. The molecular weight excluding hydrogens is 407 g/mol. The fourth-order valence-electron chi connectivity index (χ4n) is 2.24. The number of carbonyl (C=O) groups excluding carboxylic acids is 1. The smallest absolute Gasteiger partial charge is 0.348 e. The zero-order valence-electron chi connectivity index (χ0n) is 14.3. The third kappa shape index (κ3) is 5.49. The standard InChI is InChI=1S/C17H15F5N2O3S/c1-10(11-5-6-14(18)15(19)7-11)24-16(25)9-23-28(26,27)13-4-2-3-12(8-13)17(20,21)22/h2-8,10,23H,9H2,1H3,(H,24,25). The summed E-state index contributed by atoms with van der Waals surface area (Å²) in [4.78, 5) is 11.2. The van der Waals surface area contributed by atoms with Crippen LogP contribution in [0.25, 0.3) is 0 Å². The molecule has 11 heteroatoms. The second-order valence-corrected chi connectivity index (χ2v) is 7.58. The Balaban J connectivity index is 2.02. The van der Waals surface area contributed by atoms with Gasteiger partial charge in [0.25, 0.3) is 0 Å². The van der Waals surface area contributed by atoms with Crippen LogP contribution in [-0.4, -0.2) is 20.9 Å². The molecule has 2 rings (SSSR count). The first kappa shape index (κ1) is 21.8. The SMILES string of the molecule is CC(NC(=O)CNS(=O)(=O)c1cccc(C(F)(F)F)c1)c1ccc(F)c(F)c1. The molecule has 1 amide bonds. The molecule has 0 radical (unpaired) electrons. The van der Waals surface area contributed by atoms with Crippen molar-refractivity contribution in [3.8, 4) is 0 Å². The Morgan fingerprint density at radius 2 is 1.75 bits per heavy atom. The first-order valence-corrected chi connectivity index (χ1v) is 9.29. The first-order chi connectivity index (χ1) is 12.9. The number of benzene rings is 2. The molecule has 0 aliphatic rings. The van der Waals surface area contributed by atoms with E-state index < -0.39 is 56.8 Å². The summed E-state index contributed by atoms with van der Waals surface area (Å²) in [6, 6.07) is 5.30. The molecule has 0 saturated heterocycles. The highest BCUT2D eigenvalue weighted by atomic mass is 32.2. The average molecular weight is 422 g/mol. The van der Waals surface area contributed by atoms with E-state index in [1.54, 1.807) is 0 Å². The van der Waals surface area contributed by atoms with Crippen molar-refractivity contribution in [2.75, 3.05) is 6.54 Å². The van der Waals surface area contributed by atoms with E-state index in [4.69, 9.17) is 0 Å². The summed E-state index contributed by atoms with van der Waals surface area (Å²) in [5.41, 5.74) is -0.903. The molecule has 0 aliphatic heterocycles. The Kier molecular flexibility index (Phi) is 6.40. The van der Waals surface area contributed by atoms with E-state index in [0.29, 0.717) is 6.07 Å². The summed E-state index contributed by atoms with van der Waals surface area (Å²) < 4.78 is 90.4. The van der Waals surface area contributed by atoms with Gasteiger partial charge in [0.1, 0.15) is 0 Å². The van der Waals surface area contributed by atoms with Crippen molar-refractivity contribution in [3.63, 3.8) is 0 Å². The van der Waals surface area contributed by atoms with E-state index in [1.165, 1.54) is 13.0 Å². The minimum atomic E-state index is -4.72. The van der Waals surface area contributed by atoms with Gasteiger partial charge in [-0.3, -0.25) is 4.79 Å². The molecule has 0 saturated carbocycles. The third-order valence-corrected chi connectivity index (χ3v) is 5.11. The van der Waals surface area contributed by atoms with Crippen LogP contribution in [-0.2, 0) is 21.0 Å². The van der Waals surface area contributed by atoms with Gasteiger partial charge in [-0.2, -0.15) is 13.2 Å². The quantitative estimate of drug-likeness (QED) is 0.703. The summed E-state index contributed by atoms with van der Waals surface area (Å²) in [5, 5.41) is 2.37. The minimum Gasteiger partial charge on any atom is -0.348 e. The maximum atomic E-state index is 13.2. The van der Waals surface area contributed by atoms with E-state index in [1.807, 2.05) is 4.72 Å². The fourth-order valence-corrected chi connectivity index (χ4v) is 3.27. The number of amides is 1. The van der Waals surface area contributed by atoms with Crippen LogP contribution in [0.2, 0.25) is 0 Å². The molecule has 1 atom stereocenters. The van der Waals surface area contributed by atoms with E-state index >= 15 is 0 Å². The van der Waals surface area contributed by atoms with Gasteiger partial charge in [0.05, 0.1) is 23.0 Å². The van der Waals surface area contributed by atoms with Crippen molar-refractivity contribution in [2.45, 2.75) is 24.0 Å². The van der Waals surface area contributed by atoms with Crippen molar-refractivity contribution >= 4 is 15.9 Å². The van der Waals surface area contributed by atoms with Gasteiger partial charge >= 0.3 is 6.18 Å². The van der Waals surface area contributed by atoms with E-state index in [9.17, 15) is 35.2 Å². The van der Waals surface area contributed by atoms with E-state index in [2.05, 4.69) is 5.32 Å². The Hall–Kier alpha value is -2.53. The number of hydrogen-bond donors (Lipinski definition) is 2. The van der Waals surface area contributed by atoms with Crippen LogP contribution in [0, 0.1) is 11.6 Å². The highest BCUT2D eigenvalue weighted by molar-refractivity contribution is 7.89. The second-order valence-electron chi connectivity index (χ2n) is 5.81. The van der Waals surface area contributed by atoms with Crippen LogP contribution in [0.4, 0.5) is 22.0 Å². The molecule has 28 heavy (non-hydrogen) atoms. The lowest BCUT2D eigenvalue weighted by Gasteiger charge is -2.15. The molecule has 2 aromatic carbocycles. The van der Waals surface area contributed by atoms with Crippen molar-refractivity contribution in [1.29, 1.82) is 0 Å². The molecule has 0 aromatic heterocycles. The van der Waals surface area contributed by atoms with E-state index in [0.717, 1.165) is 30.3 Å². The zero-order valence-corrected chi connectivity index (χ0v) is 15.2. The summed E-state index contributed by atoms with van der Waals surface area (Å²) >= 11 is 0. The van der Waals surface area contributed by atoms with Crippen LogP contribution in [0.3, 0.4) is 0 Å². The fraction of sp³-hybridized carbons (Fsp3) is 0.235. The van der Waals surface area contributed by atoms with Crippen LogP contribution < -0.4 is 10.0 Å². The second kappa shape index (κ2) is 8.23. The van der Waals surface area contributed by atoms with Gasteiger partial charge in [0.15, 0.2) is 11.6 Å². The van der Waals surface area contributed by atoms with Crippen molar-refractivity contribution < 1.29 is 35.2 Å². The Bertz CT molecular complexity index is 977. The highest BCUT2D eigenvalue weighted by Crippen LogP contribution is 2.30.